The maximum Gasteiger partial charge on any atom is 0.236 e. The van der Waals surface area contributed by atoms with Gasteiger partial charge in [-0.2, -0.15) is 0 Å². The number of carbonyl (C=O) groups is 1. The van der Waals surface area contributed by atoms with Crippen LogP contribution in [0.2, 0.25) is 0 Å². The van der Waals surface area contributed by atoms with Crippen molar-refractivity contribution in [2.24, 2.45) is 5.92 Å². The lowest BCUT2D eigenvalue weighted by Crippen LogP contribution is -2.39. The molecule has 0 saturated heterocycles. The lowest BCUT2D eigenvalue weighted by Gasteiger charge is -2.21. The molecule has 0 atom stereocenters. The van der Waals surface area contributed by atoms with Gasteiger partial charge in [0.25, 0.3) is 0 Å². The predicted octanol–water partition coefficient (Wildman–Crippen LogP) is 1.63. The van der Waals surface area contributed by atoms with Gasteiger partial charge >= 0.3 is 0 Å². The summed E-state index contributed by atoms with van der Waals surface area (Å²) in [4.78, 5) is 13.8. The van der Waals surface area contributed by atoms with Gasteiger partial charge in [-0.1, -0.05) is 13.8 Å². The molecule has 1 fully saturated rings. The third kappa shape index (κ3) is 5.17. The lowest BCUT2D eigenvalue weighted by molar-refractivity contribution is -0.130. The Morgan fingerprint density at radius 2 is 1.87 bits per heavy atom. The molecule has 0 spiro atoms. The summed E-state index contributed by atoms with van der Waals surface area (Å²) in [7, 11) is 0. The first-order valence-electron chi connectivity index (χ1n) is 6.26. The smallest absolute Gasteiger partial charge is 0.236 e. The van der Waals surface area contributed by atoms with Crippen LogP contribution in [-0.4, -0.2) is 37.0 Å². The zero-order chi connectivity index (χ0) is 11.1. The second-order valence-electron chi connectivity index (χ2n) is 4.46. The lowest BCUT2D eigenvalue weighted by atomic mass is 10.3. The number of hydrogen-bond donors (Lipinski definition) is 1. The van der Waals surface area contributed by atoms with Gasteiger partial charge in [0.1, 0.15) is 0 Å². The summed E-state index contributed by atoms with van der Waals surface area (Å²) in [5.41, 5.74) is 0. The fourth-order valence-electron chi connectivity index (χ4n) is 1.72. The highest BCUT2D eigenvalue weighted by molar-refractivity contribution is 5.78. The summed E-state index contributed by atoms with van der Waals surface area (Å²) in [6, 6.07) is 0. The van der Waals surface area contributed by atoms with E-state index in [0.29, 0.717) is 6.54 Å². The molecule has 0 unspecified atom stereocenters. The van der Waals surface area contributed by atoms with E-state index in [4.69, 9.17) is 0 Å². The highest BCUT2D eigenvalue weighted by Crippen LogP contribution is 2.27. The molecule has 1 saturated carbocycles. The molecule has 0 aromatic heterocycles. The molecule has 15 heavy (non-hydrogen) atoms. The van der Waals surface area contributed by atoms with Crippen LogP contribution >= 0.6 is 0 Å². The number of amides is 1. The first kappa shape index (κ1) is 12.5. The van der Waals surface area contributed by atoms with Crippen molar-refractivity contribution >= 4 is 5.91 Å². The van der Waals surface area contributed by atoms with Crippen LogP contribution < -0.4 is 5.32 Å². The van der Waals surface area contributed by atoms with Crippen LogP contribution in [0.1, 0.15) is 39.5 Å². The maximum atomic E-state index is 11.8. The number of carbonyl (C=O) groups excluding carboxylic acids is 1. The molecule has 3 nitrogen and oxygen atoms in total. The van der Waals surface area contributed by atoms with Crippen LogP contribution in [0.15, 0.2) is 0 Å². The SMILES string of the molecule is CCCN(CCC)C(=O)CNCC1CC1. The normalized spacial score (nSPS) is 15.3. The van der Waals surface area contributed by atoms with Crippen molar-refractivity contribution in [3.8, 4) is 0 Å². The first-order valence-corrected chi connectivity index (χ1v) is 6.26. The monoisotopic (exact) mass is 212 g/mol. The van der Waals surface area contributed by atoms with Gasteiger partial charge in [-0.25, -0.2) is 0 Å². The third-order valence-electron chi connectivity index (χ3n) is 2.75. The van der Waals surface area contributed by atoms with Crippen LogP contribution in [0.4, 0.5) is 0 Å². The first-order chi connectivity index (χ1) is 7.27. The Labute approximate surface area is 93.2 Å². The predicted molar refractivity (Wildman–Crippen MR) is 62.8 cm³/mol. The van der Waals surface area contributed by atoms with Gasteiger partial charge < -0.3 is 10.2 Å². The minimum atomic E-state index is 0.263. The molecule has 3 heteroatoms. The molecule has 0 bridgehead atoms. The Morgan fingerprint density at radius 3 is 2.33 bits per heavy atom. The Bertz CT molecular complexity index is 184. The molecule has 0 aromatic rings. The molecule has 0 aliphatic heterocycles. The minimum Gasteiger partial charge on any atom is -0.342 e. The molecule has 1 rings (SSSR count). The largest absolute Gasteiger partial charge is 0.342 e. The van der Waals surface area contributed by atoms with E-state index in [9.17, 15) is 4.79 Å². The van der Waals surface area contributed by atoms with E-state index < -0.39 is 0 Å². The van der Waals surface area contributed by atoms with Gasteiger partial charge in [0.2, 0.25) is 5.91 Å². The average Bonchev–Trinajstić information content (AvgIpc) is 3.01. The van der Waals surface area contributed by atoms with Crippen LogP contribution in [0.25, 0.3) is 0 Å². The summed E-state index contributed by atoms with van der Waals surface area (Å²) in [5.74, 6) is 1.11. The van der Waals surface area contributed by atoms with Crippen molar-refractivity contribution in [3.05, 3.63) is 0 Å². The molecular formula is C12H24N2O. The Hall–Kier alpha value is -0.570. The Morgan fingerprint density at radius 1 is 1.27 bits per heavy atom. The quantitative estimate of drug-likeness (QED) is 0.663. The molecule has 1 aliphatic rings. The van der Waals surface area contributed by atoms with Gasteiger partial charge in [0.15, 0.2) is 0 Å². The molecule has 0 heterocycles. The van der Waals surface area contributed by atoms with Crippen molar-refractivity contribution in [3.63, 3.8) is 0 Å². The maximum absolute atomic E-state index is 11.8. The van der Waals surface area contributed by atoms with Gasteiger partial charge in [-0.05, 0) is 38.1 Å². The van der Waals surface area contributed by atoms with Crippen molar-refractivity contribution in [2.45, 2.75) is 39.5 Å². The standard InChI is InChI=1S/C12H24N2O/c1-3-7-14(8-4-2)12(15)10-13-9-11-5-6-11/h11,13H,3-10H2,1-2H3. The van der Waals surface area contributed by atoms with Crippen LogP contribution in [-0.2, 0) is 4.79 Å². The van der Waals surface area contributed by atoms with Crippen LogP contribution in [0.3, 0.4) is 0 Å². The summed E-state index contributed by atoms with van der Waals surface area (Å²) in [6.45, 7) is 7.59. The molecule has 0 radical (unpaired) electrons. The van der Waals surface area contributed by atoms with Crippen molar-refractivity contribution in [2.75, 3.05) is 26.2 Å². The van der Waals surface area contributed by atoms with Gasteiger partial charge in [-0.3, -0.25) is 4.79 Å². The number of hydrogen-bond acceptors (Lipinski definition) is 2. The van der Waals surface area contributed by atoms with E-state index in [-0.39, 0.29) is 5.91 Å². The fourth-order valence-corrected chi connectivity index (χ4v) is 1.72. The summed E-state index contributed by atoms with van der Waals surface area (Å²) in [5, 5.41) is 3.25. The van der Waals surface area contributed by atoms with Gasteiger partial charge in [0.05, 0.1) is 6.54 Å². The minimum absolute atomic E-state index is 0.263. The van der Waals surface area contributed by atoms with Crippen LogP contribution in [0, 0.1) is 5.92 Å². The number of rotatable bonds is 8. The topological polar surface area (TPSA) is 32.3 Å². The van der Waals surface area contributed by atoms with Crippen molar-refractivity contribution in [1.29, 1.82) is 0 Å². The molecule has 0 aromatic carbocycles. The molecule has 1 amide bonds. The number of nitrogens with zero attached hydrogens (tertiary/aromatic N) is 1. The summed E-state index contributed by atoms with van der Waals surface area (Å²) in [6.07, 6.45) is 4.78. The Balaban J connectivity index is 2.14. The van der Waals surface area contributed by atoms with E-state index >= 15 is 0 Å². The highest BCUT2D eigenvalue weighted by atomic mass is 16.2. The third-order valence-corrected chi connectivity index (χ3v) is 2.75. The van der Waals surface area contributed by atoms with E-state index in [1.54, 1.807) is 0 Å². The second kappa shape index (κ2) is 6.83. The molecular weight excluding hydrogens is 188 g/mol. The van der Waals surface area contributed by atoms with Gasteiger partial charge in [0, 0.05) is 13.1 Å². The van der Waals surface area contributed by atoms with Crippen molar-refractivity contribution in [1.82, 2.24) is 10.2 Å². The van der Waals surface area contributed by atoms with Crippen LogP contribution in [0.5, 0.6) is 0 Å². The molecule has 1 N–H and O–H groups in total. The Kier molecular flexibility index (Phi) is 5.69. The highest BCUT2D eigenvalue weighted by Gasteiger charge is 2.21. The van der Waals surface area contributed by atoms with Gasteiger partial charge in [-0.15, -0.1) is 0 Å². The van der Waals surface area contributed by atoms with E-state index in [1.165, 1.54) is 12.8 Å². The van der Waals surface area contributed by atoms with E-state index in [2.05, 4.69) is 19.2 Å². The average molecular weight is 212 g/mol. The molecule has 1 aliphatic carbocycles. The second-order valence-corrected chi connectivity index (χ2v) is 4.46. The van der Waals surface area contributed by atoms with E-state index in [1.807, 2.05) is 4.90 Å². The summed E-state index contributed by atoms with van der Waals surface area (Å²) < 4.78 is 0. The summed E-state index contributed by atoms with van der Waals surface area (Å²) >= 11 is 0. The number of nitrogens with one attached hydrogen (secondary N) is 1. The van der Waals surface area contributed by atoms with Crippen molar-refractivity contribution < 1.29 is 4.79 Å². The molecule has 88 valence electrons. The van der Waals surface area contributed by atoms with E-state index in [0.717, 1.165) is 38.4 Å². The zero-order valence-corrected chi connectivity index (χ0v) is 10.1. The zero-order valence-electron chi connectivity index (χ0n) is 10.1. The fraction of sp³-hybridized carbons (Fsp3) is 0.917.